The maximum atomic E-state index is 5.39. The van der Waals surface area contributed by atoms with E-state index in [1.807, 2.05) is 0 Å². The number of halogens is 1. The predicted octanol–water partition coefficient (Wildman–Crippen LogP) is 1.22. The Morgan fingerprint density at radius 3 is 2.92 bits per heavy atom. The van der Waals surface area contributed by atoms with Crippen molar-refractivity contribution in [3.63, 3.8) is 0 Å². The molecule has 1 aromatic rings. The molecule has 0 saturated carbocycles. The Labute approximate surface area is 84.7 Å². The van der Waals surface area contributed by atoms with Crippen molar-refractivity contribution in [3.8, 4) is 18.2 Å². The van der Waals surface area contributed by atoms with Gasteiger partial charge in [0.05, 0.1) is 0 Å². The first kappa shape index (κ1) is 9.81. The van der Waals surface area contributed by atoms with Crippen LogP contribution in [0.15, 0.2) is 10.7 Å². The van der Waals surface area contributed by atoms with E-state index < -0.39 is 0 Å². The van der Waals surface area contributed by atoms with E-state index >= 15 is 0 Å². The number of nitrogen functional groups attached to an aromatic ring is 1. The van der Waals surface area contributed by atoms with Gasteiger partial charge in [0.2, 0.25) is 11.8 Å². The zero-order valence-corrected chi connectivity index (χ0v) is 8.58. The Kier molecular flexibility index (Phi) is 3.09. The van der Waals surface area contributed by atoms with Gasteiger partial charge in [0.25, 0.3) is 0 Å². The van der Waals surface area contributed by atoms with Crippen LogP contribution in [0, 0.1) is 12.3 Å². The fraction of sp³-hybridized carbons (Fsp3) is 0.250. The van der Waals surface area contributed by atoms with Gasteiger partial charge < -0.3 is 10.5 Å². The average molecular weight is 242 g/mol. The molecule has 5 heteroatoms. The van der Waals surface area contributed by atoms with Crippen LogP contribution in [0.2, 0.25) is 0 Å². The zero-order valence-electron chi connectivity index (χ0n) is 6.99. The summed E-state index contributed by atoms with van der Waals surface area (Å²) in [5.74, 6) is 2.93. The Morgan fingerprint density at radius 2 is 2.38 bits per heavy atom. The van der Waals surface area contributed by atoms with Crippen LogP contribution in [0.4, 0.5) is 5.95 Å². The predicted molar refractivity (Wildman–Crippen MR) is 53.1 cm³/mol. The van der Waals surface area contributed by atoms with Gasteiger partial charge in [-0.05, 0) is 22.9 Å². The largest absolute Gasteiger partial charge is 0.461 e. The molecule has 0 aliphatic carbocycles. The molecule has 2 N–H and O–H groups in total. The van der Waals surface area contributed by atoms with Crippen LogP contribution in [-0.2, 0) is 0 Å². The number of rotatable bonds is 2. The second kappa shape index (κ2) is 4.10. The lowest BCUT2D eigenvalue weighted by molar-refractivity contribution is 0.267. The topological polar surface area (TPSA) is 61.0 Å². The number of aromatic nitrogens is 2. The molecule has 1 unspecified atom stereocenters. The molecule has 0 bridgehead atoms. The van der Waals surface area contributed by atoms with Gasteiger partial charge in [-0.15, -0.1) is 6.42 Å². The van der Waals surface area contributed by atoms with Crippen molar-refractivity contribution >= 4 is 21.9 Å². The molecule has 0 aromatic carbocycles. The molecular formula is C8H8BrN3O. The molecule has 0 amide bonds. The summed E-state index contributed by atoms with van der Waals surface area (Å²) >= 11 is 3.16. The molecule has 1 atom stereocenters. The lowest BCUT2D eigenvalue weighted by atomic mass is 10.4. The van der Waals surface area contributed by atoms with E-state index in [1.54, 1.807) is 13.0 Å². The summed E-state index contributed by atoms with van der Waals surface area (Å²) in [5.41, 5.74) is 5.39. The molecule has 1 rings (SSSR count). The number of ether oxygens (including phenoxy) is 1. The van der Waals surface area contributed by atoms with Crippen molar-refractivity contribution in [1.29, 1.82) is 0 Å². The van der Waals surface area contributed by atoms with Gasteiger partial charge >= 0.3 is 0 Å². The van der Waals surface area contributed by atoms with E-state index in [1.165, 1.54) is 0 Å². The summed E-state index contributed by atoms with van der Waals surface area (Å²) in [5, 5.41) is 0. The summed E-state index contributed by atoms with van der Waals surface area (Å²) in [4.78, 5) is 7.66. The number of nitrogens with two attached hydrogens (primary N) is 1. The highest BCUT2D eigenvalue weighted by molar-refractivity contribution is 9.10. The fourth-order valence-corrected chi connectivity index (χ4v) is 1.07. The van der Waals surface area contributed by atoms with E-state index in [9.17, 15) is 0 Å². The van der Waals surface area contributed by atoms with Gasteiger partial charge in [-0.1, -0.05) is 5.92 Å². The standard InChI is InChI=1S/C8H8BrN3O/c1-3-5(2)13-7-4-6(9)11-8(10)12-7/h1,4-5H,2H3,(H2,10,11,12). The maximum absolute atomic E-state index is 5.39. The van der Waals surface area contributed by atoms with Crippen LogP contribution in [-0.4, -0.2) is 16.1 Å². The lowest BCUT2D eigenvalue weighted by Crippen LogP contribution is -2.10. The fourth-order valence-electron chi connectivity index (χ4n) is 0.689. The Morgan fingerprint density at radius 1 is 1.69 bits per heavy atom. The second-order valence-electron chi connectivity index (χ2n) is 2.31. The maximum Gasteiger partial charge on any atom is 0.224 e. The van der Waals surface area contributed by atoms with Crippen molar-refractivity contribution in [2.45, 2.75) is 13.0 Å². The van der Waals surface area contributed by atoms with Gasteiger partial charge in [-0.2, -0.15) is 4.98 Å². The Balaban J connectivity index is 2.84. The minimum atomic E-state index is -0.332. The summed E-state index contributed by atoms with van der Waals surface area (Å²) < 4.78 is 5.80. The van der Waals surface area contributed by atoms with Crippen LogP contribution >= 0.6 is 15.9 Å². The van der Waals surface area contributed by atoms with E-state index in [2.05, 4.69) is 31.8 Å². The average Bonchev–Trinajstić information content (AvgIpc) is 2.02. The molecule has 68 valence electrons. The van der Waals surface area contributed by atoms with Crippen LogP contribution in [0.3, 0.4) is 0 Å². The highest BCUT2D eigenvalue weighted by Gasteiger charge is 2.03. The summed E-state index contributed by atoms with van der Waals surface area (Å²) in [6, 6.07) is 1.60. The van der Waals surface area contributed by atoms with Crippen molar-refractivity contribution in [3.05, 3.63) is 10.7 Å². The van der Waals surface area contributed by atoms with Gasteiger partial charge in [-0.25, -0.2) is 4.98 Å². The number of anilines is 1. The molecule has 0 aliphatic heterocycles. The SMILES string of the molecule is C#CC(C)Oc1cc(Br)nc(N)n1. The highest BCUT2D eigenvalue weighted by atomic mass is 79.9. The summed E-state index contributed by atoms with van der Waals surface area (Å²) in [6.45, 7) is 1.74. The minimum absolute atomic E-state index is 0.147. The lowest BCUT2D eigenvalue weighted by Gasteiger charge is -2.07. The van der Waals surface area contributed by atoms with Gasteiger partial charge in [0.1, 0.15) is 4.60 Å². The third-order valence-corrected chi connectivity index (χ3v) is 1.63. The van der Waals surface area contributed by atoms with Gasteiger partial charge in [0.15, 0.2) is 6.10 Å². The van der Waals surface area contributed by atoms with Crippen molar-refractivity contribution in [2.24, 2.45) is 0 Å². The van der Waals surface area contributed by atoms with Crippen LogP contribution in [0.5, 0.6) is 5.88 Å². The third-order valence-electron chi connectivity index (χ3n) is 1.22. The number of terminal acetylenes is 1. The molecule has 0 spiro atoms. The molecule has 0 radical (unpaired) electrons. The van der Waals surface area contributed by atoms with Crippen molar-refractivity contribution < 1.29 is 4.74 Å². The molecule has 0 saturated heterocycles. The van der Waals surface area contributed by atoms with Crippen molar-refractivity contribution in [2.75, 3.05) is 5.73 Å². The number of hydrogen-bond donors (Lipinski definition) is 1. The first-order valence-electron chi connectivity index (χ1n) is 3.54. The third kappa shape index (κ3) is 2.92. The van der Waals surface area contributed by atoms with E-state index in [-0.39, 0.29) is 12.1 Å². The van der Waals surface area contributed by atoms with Gasteiger partial charge in [-0.3, -0.25) is 0 Å². The van der Waals surface area contributed by atoms with Crippen LogP contribution < -0.4 is 10.5 Å². The first-order chi connectivity index (χ1) is 6.11. The zero-order chi connectivity index (χ0) is 9.84. The Bertz CT molecular complexity index is 327. The van der Waals surface area contributed by atoms with Crippen LogP contribution in [0.1, 0.15) is 6.92 Å². The molecule has 0 aliphatic rings. The molecule has 1 heterocycles. The molecule has 0 fully saturated rings. The monoisotopic (exact) mass is 241 g/mol. The smallest absolute Gasteiger partial charge is 0.224 e. The second-order valence-corrected chi connectivity index (χ2v) is 3.13. The van der Waals surface area contributed by atoms with E-state index in [0.29, 0.717) is 10.5 Å². The Hall–Kier alpha value is -1.28. The van der Waals surface area contributed by atoms with E-state index in [0.717, 1.165) is 0 Å². The quantitative estimate of drug-likeness (QED) is 0.625. The number of nitrogens with zero attached hydrogens (tertiary/aromatic N) is 2. The van der Waals surface area contributed by atoms with E-state index in [4.69, 9.17) is 16.9 Å². The van der Waals surface area contributed by atoms with Gasteiger partial charge in [0, 0.05) is 6.07 Å². The summed E-state index contributed by atoms with van der Waals surface area (Å²) in [7, 11) is 0. The van der Waals surface area contributed by atoms with Crippen LogP contribution in [0.25, 0.3) is 0 Å². The molecule has 1 aromatic heterocycles. The van der Waals surface area contributed by atoms with Crippen molar-refractivity contribution in [1.82, 2.24) is 9.97 Å². The normalized spacial score (nSPS) is 11.8. The first-order valence-corrected chi connectivity index (χ1v) is 4.34. The minimum Gasteiger partial charge on any atom is -0.461 e. The molecule has 13 heavy (non-hydrogen) atoms. The molecular weight excluding hydrogens is 234 g/mol. The highest BCUT2D eigenvalue weighted by Crippen LogP contribution is 2.15. The molecule has 4 nitrogen and oxygen atoms in total. The number of hydrogen-bond acceptors (Lipinski definition) is 4. The summed E-state index contributed by atoms with van der Waals surface area (Å²) in [6.07, 6.45) is 4.80.